The molecule has 0 aliphatic carbocycles. The van der Waals surface area contributed by atoms with Crippen LogP contribution in [0.15, 0.2) is 36.4 Å². The van der Waals surface area contributed by atoms with Crippen molar-refractivity contribution in [3.05, 3.63) is 57.8 Å². The summed E-state index contributed by atoms with van der Waals surface area (Å²) in [6.45, 7) is -0.232. The van der Waals surface area contributed by atoms with Crippen LogP contribution in [-0.2, 0) is 9.53 Å². The molecule has 0 saturated carbocycles. The highest BCUT2D eigenvalue weighted by atomic mass is 35.5. The standard InChI is InChI=1S/C16H13Cl2FN2O3/c1-24-16(23)9-2-5-12(19)14(6-9)20-8-15(22)21-13-7-10(17)3-4-11(13)18/h2-7,20H,8H2,1H3,(H,21,22). The van der Waals surface area contributed by atoms with Gasteiger partial charge in [-0.05, 0) is 36.4 Å². The van der Waals surface area contributed by atoms with Gasteiger partial charge in [-0.15, -0.1) is 0 Å². The molecule has 0 unspecified atom stereocenters. The van der Waals surface area contributed by atoms with Gasteiger partial charge in [-0.2, -0.15) is 0 Å². The van der Waals surface area contributed by atoms with Gasteiger partial charge in [0.15, 0.2) is 0 Å². The second-order valence-electron chi connectivity index (χ2n) is 4.71. The zero-order valence-electron chi connectivity index (χ0n) is 12.5. The third kappa shape index (κ3) is 4.59. The minimum Gasteiger partial charge on any atom is -0.465 e. The average molecular weight is 371 g/mol. The molecule has 0 aliphatic rings. The first kappa shape index (κ1) is 18.0. The Kier molecular flexibility index (Phi) is 6.00. The maximum atomic E-state index is 13.7. The first-order chi connectivity index (χ1) is 11.4. The number of halogens is 3. The van der Waals surface area contributed by atoms with E-state index in [1.165, 1.54) is 25.3 Å². The largest absolute Gasteiger partial charge is 0.465 e. The van der Waals surface area contributed by atoms with E-state index in [1.807, 2.05) is 0 Å². The van der Waals surface area contributed by atoms with Crippen molar-refractivity contribution < 1.29 is 18.7 Å². The molecular formula is C16H13Cl2FN2O3. The molecule has 0 spiro atoms. The fourth-order valence-electron chi connectivity index (χ4n) is 1.87. The van der Waals surface area contributed by atoms with Gasteiger partial charge in [-0.3, -0.25) is 4.79 Å². The summed E-state index contributed by atoms with van der Waals surface area (Å²) in [6.07, 6.45) is 0. The van der Waals surface area contributed by atoms with Gasteiger partial charge >= 0.3 is 5.97 Å². The molecule has 0 saturated heterocycles. The normalized spacial score (nSPS) is 10.2. The first-order valence-electron chi connectivity index (χ1n) is 6.77. The molecule has 0 atom stereocenters. The number of rotatable bonds is 5. The summed E-state index contributed by atoms with van der Waals surface area (Å²) in [4.78, 5) is 23.4. The van der Waals surface area contributed by atoms with E-state index < -0.39 is 17.7 Å². The Morgan fingerprint density at radius 3 is 2.58 bits per heavy atom. The number of esters is 1. The highest BCUT2D eigenvalue weighted by Gasteiger charge is 2.12. The summed E-state index contributed by atoms with van der Waals surface area (Å²) in [7, 11) is 1.22. The highest BCUT2D eigenvalue weighted by molar-refractivity contribution is 6.35. The van der Waals surface area contributed by atoms with Crippen LogP contribution in [0.2, 0.25) is 10.0 Å². The Bertz CT molecular complexity index is 784. The molecule has 2 aromatic rings. The van der Waals surface area contributed by atoms with Crippen LogP contribution in [-0.4, -0.2) is 25.5 Å². The topological polar surface area (TPSA) is 67.4 Å². The van der Waals surface area contributed by atoms with Gasteiger partial charge in [-0.1, -0.05) is 23.2 Å². The van der Waals surface area contributed by atoms with E-state index in [1.54, 1.807) is 12.1 Å². The van der Waals surface area contributed by atoms with E-state index >= 15 is 0 Å². The second-order valence-corrected chi connectivity index (χ2v) is 5.56. The molecule has 5 nitrogen and oxygen atoms in total. The first-order valence-corrected chi connectivity index (χ1v) is 7.53. The molecule has 2 rings (SSSR count). The quantitative estimate of drug-likeness (QED) is 0.781. The van der Waals surface area contributed by atoms with Crippen molar-refractivity contribution in [2.24, 2.45) is 0 Å². The van der Waals surface area contributed by atoms with E-state index in [2.05, 4.69) is 15.4 Å². The van der Waals surface area contributed by atoms with E-state index in [9.17, 15) is 14.0 Å². The van der Waals surface area contributed by atoms with Crippen LogP contribution < -0.4 is 10.6 Å². The number of hydrogen-bond acceptors (Lipinski definition) is 4. The Balaban J connectivity index is 2.03. The SMILES string of the molecule is COC(=O)c1ccc(F)c(NCC(=O)Nc2cc(Cl)ccc2Cl)c1. The lowest BCUT2D eigenvalue weighted by Gasteiger charge is -2.11. The third-order valence-corrected chi connectivity index (χ3v) is 3.59. The lowest BCUT2D eigenvalue weighted by molar-refractivity contribution is -0.114. The zero-order chi connectivity index (χ0) is 17.7. The Hall–Kier alpha value is -2.31. The zero-order valence-corrected chi connectivity index (χ0v) is 14.0. The van der Waals surface area contributed by atoms with Crippen LogP contribution in [0.3, 0.4) is 0 Å². The average Bonchev–Trinajstić information content (AvgIpc) is 2.56. The summed E-state index contributed by atoms with van der Waals surface area (Å²) in [6, 6.07) is 8.30. The van der Waals surface area contributed by atoms with Crippen LogP contribution >= 0.6 is 23.2 Å². The van der Waals surface area contributed by atoms with Crippen molar-refractivity contribution in [1.29, 1.82) is 0 Å². The lowest BCUT2D eigenvalue weighted by atomic mass is 10.2. The smallest absolute Gasteiger partial charge is 0.337 e. The number of ether oxygens (including phenoxy) is 1. The third-order valence-electron chi connectivity index (χ3n) is 3.03. The molecule has 8 heteroatoms. The Morgan fingerprint density at radius 1 is 1.12 bits per heavy atom. The molecule has 0 aromatic heterocycles. The Morgan fingerprint density at radius 2 is 1.88 bits per heavy atom. The number of carbonyl (C=O) groups is 2. The van der Waals surface area contributed by atoms with E-state index in [0.29, 0.717) is 15.7 Å². The maximum Gasteiger partial charge on any atom is 0.337 e. The highest BCUT2D eigenvalue weighted by Crippen LogP contribution is 2.25. The molecule has 2 N–H and O–H groups in total. The number of carbonyl (C=O) groups excluding carboxylic acids is 2. The fourth-order valence-corrected chi connectivity index (χ4v) is 2.21. The summed E-state index contributed by atoms with van der Waals surface area (Å²) < 4.78 is 18.3. The van der Waals surface area contributed by atoms with Gasteiger partial charge < -0.3 is 15.4 Å². The number of methoxy groups -OCH3 is 1. The van der Waals surface area contributed by atoms with E-state index in [0.717, 1.165) is 6.07 Å². The van der Waals surface area contributed by atoms with Crippen LogP contribution in [0.5, 0.6) is 0 Å². The predicted molar refractivity (Wildman–Crippen MR) is 91.3 cm³/mol. The number of amides is 1. The molecule has 0 aliphatic heterocycles. The van der Waals surface area contributed by atoms with Crippen LogP contribution in [0.1, 0.15) is 10.4 Å². The summed E-state index contributed by atoms with van der Waals surface area (Å²) in [5.74, 6) is -1.66. The molecule has 1 amide bonds. The minimum absolute atomic E-state index is 0.00485. The number of benzene rings is 2. The minimum atomic E-state index is -0.604. The number of hydrogen-bond donors (Lipinski definition) is 2. The molecule has 126 valence electrons. The summed E-state index contributed by atoms with van der Waals surface area (Å²) >= 11 is 11.8. The fraction of sp³-hybridized carbons (Fsp3) is 0.125. The molecule has 0 heterocycles. The van der Waals surface area contributed by atoms with Gasteiger partial charge in [0, 0.05) is 5.02 Å². The lowest BCUT2D eigenvalue weighted by Crippen LogP contribution is -2.22. The second kappa shape index (κ2) is 7.99. The van der Waals surface area contributed by atoms with Gasteiger partial charge in [0.2, 0.25) is 5.91 Å². The van der Waals surface area contributed by atoms with E-state index in [4.69, 9.17) is 23.2 Å². The van der Waals surface area contributed by atoms with Crippen molar-refractivity contribution in [2.45, 2.75) is 0 Å². The molecule has 0 bridgehead atoms. The van der Waals surface area contributed by atoms with Crippen molar-refractivity contribution in [2.75, 3.05) is 24.3 Å². The van der Waals surface area contributed by atoms with Gasteiger partial charge in [0.05, 0.1) is 35.6 Å². The van der Waals surface area contributed by atoms with Gasteiger partial charge in [0.1, 0.15) is 5.82 Å². The molecule has 0 fully saturated rings. The van der Waals surface area contributed by atoms with Crippen LogP contribution in [0, 0.1) is 5.82 Å². The predicted octanol–water partition coefficient (Wildman–Crippen LogP) is 3.97. The van der Waals surface area contributed by atoms with Crippen molar-refractivity contribution in [3.63, 3.8) is 0 Å². The van der Waals surface area contributed by atoms with Crippen molar-refractivity contribution in [1.82, 2.24) is 0 Å². The van der Waals surface area contributed by atoms with Gasteiger partial charge in [0.25, 0.3) is 0 Å². The number of anilines is 2. The van der Waals surface area contributed by atoms with Crippen LogP contribution in [0.4, 0.5) is 15.8 Å². The van der Waals surface area contributed by atoms with Crippen LogP contribution in [0.25, 0.3) is 0 Å². The number of nitrogens with one attached hydrogen (secondary N) is 2. The molecule has 24 heavy (non-hydrogen) atoms. The molecule has 0 radical (unpaired) electrons. The van der Waals surface area contributed by atoms with E-state index in [-0.39, 0.29) is 17.8 Å². The van der Waals surface area contributed by atoms with Crippen molar-refractivity contribution in [3.8, 4) is 0 Å². The van der Waals surface area contributed by atoms with Crippen molar-refractivity contribution >= 4 is 46.5 Å². The Labute approximate surface area is 147 Å². The molecule has 2 aromatic carbocycles. The maximum absolute atomic E-state index is 13.7. The monoisotopic (exact) mass is 370 g/mol. The molecular weight excluding hydrogens is 358 g/mol. The summed E-state index contributed by atoms with van der Waals surface area (Å²) in [5.41, 5.74) is 0.518. The van der Waals surface area contributed by atoms with Gasteiger partial charge in [-0.25, -0.2) is 9.18 Å². The summed E-state index contributed by atoms with van der Waals surface area (Å²) in [5, 5.41) is 5.91.